The molecule has 1 N–H and O–H groups in total. The zero-order valence-corrected chi connectivity index (χ0v) is 9.12. The minimum Gasteiger partial charge on any atom is -0.481 e. The van der Waals surface area contributed by atoms with Gasteiger partial charge in [-0.25, -0.2) is 4.98 Å². The Morgan fingerprint density at radius 1 is 1.31 bits per heavy atom. The highest BCUT2D eigenvalue weighted by Gasteiger charge is 2.30. The highest BCUT2D eigenvalue weighted by atomic mass is 16.5. The number of hydrogen-bond donors (Lipinski definition) is 1. The third-order valence-electron chi connectivity index (χ3n) is 2.98. The predicted octanol–water partition coefficient (Wildman–Crippen LogP) is 1.25. The van der Waals surface area contributed by atoms with Crippen molar-refractivity contribution in [1.82, 2.24) is 9.97 Å². The summed E-state index contributed by atoms with van der Waals surface area (Å²) in [5.41, 5.74) is 0.923. The van der Waals surface area contributed by atoms with E-state index in [1.165, 1.54) is 0 Å². The van der Waals surface area contributed by atoms with Gasteiger partial charge in [-0.2, -0.15) is 4.98 Å². The number of hydrogen-bond acceptors (Lipinski definition) is 4. The third kappa shape index (κ3) is 1.52. The summed E-state index contributed by atoms with van der Waals surface area (Å²) in [6.45, 7) is 0. The Bertz CT molecular complexity index is 455. The molecule has 5 nitrogen and oxygen atoms in total. The van der Waals surface area contributed by atoms with Gasteiger partial charge >= 0.3 is 0 Å². The van der Waals surface area contributed by atoms with Crippen molar-refractivity contribution in [3.63, 3.8) is 0 Å². The van der Waals surface area contributed by atoms with Gasteiger partial charge in [-0.3, -0.25) is 4.79 Å². The Morgan fingerprint density at radius 2 is 2.12 bits per heavy atom. The van der Waals surface area contributed by atoms with Crippen molar-refractivity contribution in [2.45, 2.75) is 31.6 Å². The van der Waals surface area contributed by atoms with Crippen LogP contribution in [0.3, 0.4) is 0 Å². The summed E-state index contributed by atoms with van der Waals surface area (Å²) in [5.74, 6) is 2.54. The first-order chi connectivity index (χ1) is 7.78. The first-order valence-corrected chi connectivity index (χ1v) is 5.52. The molecule has 5 heteroatoms. The zero-order valence-electron chi connectivity index (χ0n) is 9.12. The van der Waals surface area contributed by atoms with Gasteiger partial charge in [0.2, 0.25) is 11.8 Å². The van der Waals surface area contributed by atoms with Crippen LogP contribution in [-0.2, 0) is 11.2 Å². The summed E-state index contributed by atoms with van der Waals surface area (Å²) in [5, 5.41) is 2.79. The molecule has 1 fully saturated rings. The first kappa shape index (κ1) is 9.57. The van der Waals surface area contributed by atoms with Gasteiger partial charge in [-0.1, -0.05) is 0 Å². The van der Waals surface area contributed by atoms with Crippen LogP contribution in [-0.4, -0.2) is 23.0 Å². The van der Waals surface area contributed by atoms with E-state index in [1.54, 1.807) is 7.11 Å². The Balaban J connectivity index is 2.07. The molecule has 2 heterocycles. The molecule has 16 heavy (non-hydrogen) atoms. The largest absolute Gasteiger partial charge is 0.481 e. The lowest BCUT2D eigenvalue weighted by Gasteiger charge is -2.18. The van der Waals surface area contributed by atoms with Crippen molar-refractivity contribution < 1.29 is 9.53 Å². The summed E-state index contributed by atoms with van der Waals surface area (Å²) in [6.07, 6.45) is 3.41. The zero-order chi connectivity index (χ0) is 11.1. The molecule has 0 unspecified atom stereocenters. The summed E-state index contributed by atoms with van der Waals surface area (Å²) in [7, 11) is 1.61. The monoisotopic (exact) mass is 219 g/mol. The van der Waals surface area contributed by atoms with Gasteiger partial charge in [-0.15, -0.1) is 0 Å². The lowest BCUT2D eigenvalue weighted by molar-refractivity contribution is -0.116. The van der Waals surface area contributed by atoms with E-state index >= 15 is 0 Å². The molecule has 1 aromatic rings. The van der Waals surface area contributed by atoms with Crippen LogP contribution in [0.25, 0.3) is 0 Å². The number of anilines is 1. The molecule has 0 radical (unpaired) electrons. The lowest BCUT2D eigenvalue weighted by Crippen LogP contribution is -2.22. The van der Waals surface area contributed by atoms with E-state index in [9.17, 15) is 4.79 Å². The molecule has 0 bridgehead atoms. The van der Waals surface area contributed by atoms with Crippen LogP contribution in [0.5, 0.6) is 5.88 Å². The highest BCUT2D eigenvalue weighted by molar-refractivity contribution is 5.93. The van der Waals surface area contributed by atoms with Gasteiger partial charge in [0.15, 0.2) is 0 Å². The summed E-state index contributed by atoms with van der Waals surface area (Å²) in [6, 6.07) is 0. The number of aromatic nitrogens is 2. The molecule has 0 saturated heterocycles. The Kier molecular flexibility index (Phi) is 2.05. The van der Waals surface area contributed by atoms with Crippen molar-refractivity contribution in [2.24, 2.45) is 0 Å². The second-order valence-electron chi connectivity index (χ2n) is 4.24. The normalized spacial score (nSPS) is 18.9. The molecule has 0 atom stereocenters. The van der Waals surface area contributed by atoms with Crippen LogP contribution in [0.15, 0.2) is 0 Å². The van der Waals surface area contributed by atoms with Crippen LogP contribution in [0.1, 0.15) is 36.6 Å². The Hall–Kier alpha value is -1.65. The molecule has 84 valence electrons. The van der Waals surface area contributed by atoms with E-state index in [4.69, 9.17) is 4.74 Å². The van der Waals surface area contributed by atoms with Crippen molar-refractivity contribution in [3.05, 3.63) is 11.4 Å². The van der Waals surface area contributed by atoms with Crippen molar-refractivity contribution in [1.29, 1.82) is 0 Å². The predicted molar refractivity (Wildman–Crippen MR) is 57.5 cm³/mol. The van der Waals surface area contributed by atoms with E-state index in [2.05, 4.69) is 15.3 Å². The number of carbonyl (C=O) groups is 1. The molecule has 1 aliphatic heterocycles. The van der Waals surface area contributed by atoms with Crippen molar-refractivity contribution >= 4 is 11.7 Å². The number of nitrogens with zero attached hydrogens (tertiary/aromatic N) is 2. The third-order valence-corrected chi connectivity index (χ3v) is 2.98. The highest BCUT2D eigenvalue weighted by Crippen LogP contribution is 2.40. The minimum absolute atomic E-state index is 0.0231. The van der Waals surface area contributed by atoms with Gasteiger partial charge in [-0.05, 0) is 19.3 Å². The van der Waals surface area contributed by atoms with Gasteiger partial charge in [0, 0.05) is 12.3 Å². The molecule has 0 aromatic carbocycles. The van der Waals surface area contributed by atoms with Gasteiger partial charge in [0.05, 0.1) is 12.7 Å². The van der Waals surface area contributed by atoms with E-state index in [-0.39, 0.29) is 5.91 Å². The van der Waals surface area contributed by atoms with Crippen LogP contribution >= 0.6 is 0 Å². The number of fused-ring (bicyclic) bond motifs is 1. The average Bonchev–Trinajstić information content (AvgIpc) is 3.10. The van der Waals surface area contributed by atoms with Gasteiger partial charge in [0.1, 0.15) is 11.6 Å². The summed E-state index contributed by atoms with van der Waals surface area (Å²) < 4.78 is 5.26. The van der Waals surface area contributed by atoms with Gasteiger partial charge < -0.3 is 10.1 Å². The molecular weight excluding hydrogens is 206 g/mol. The van der Waals surface area contributed by atoms with Crippen molar-refractivity contribution in [3.8, 4) is 5.88 Å². The fraction of sp³-hybridized carbons (Fsp3) is 0.545. The van der Waals surface area contributed by atoms with Crippen LogP contribution in [0, 0.1) is 0 Å². The number of rotatable bonds is 2. The quantitative estimate of drug-likeness (QED) is 0.813. The fourth-order valence-electron chi connectivity index (χ4n) is 1.93. The second kappa shape index (κ2) is 3.43. The molecule has 1 amide bonds. The topological polar surface area (TPSA) is 64.1 Å². The standard InChI is InChI=1S/C11H13N3O2/c1-16-11-7-4-5-8(15)12-10(7)13-9(14-11)6-2-3-6/h6H,2-5H2,1H3,(H,12,13,14,15). The molecule has 0 spiro atoms. The van der Waals surface area contributed by atoms with Crippen LogP contribution in [0.2, 0.25) is 0 Å². The number of ether oxygens (including phenoxy) is 1. The number of carbonyl (C=O) groups excluding carboxylic acids is 1. The van der Waals surface area contributed by atoms with E-state index in [1.807, 2.05) is 0 Å². The molecule has 2 aliphatic rings. The number of amides is 1. The van der Waals surface area contributed by atoms with Gasteiger partial charge in [0.25, 0.3) is 0 Å². The lowest BCUT2D eigenvalue weighted by atomic mass is 10.1. The smallest absolute Gasteiger partial charge is 0.225 e. The SMILES string of the molecule is COc1nc(C2CC2)nc2c1CCC(=O)N2. The minimum atomic E-state index is 0.0231. The number of methoxy groups -OCH3 is 1. The Morgan fingerprint density at radius 3 is 2.81 bits per heavy atom. The van der Waals surface area contributed by atoms with Crippen LogP contribution in [0.4, 0.5) is 5.82 Å². The summed E-state index contributed by atoms with van der Waals surface area (Å²) in [4.78, 5) is 20.1. The second-order valence-corrected chi connectivity index (χ2v) is 4.24. The molecule has 1 aliphatic carbocycles. The van der Waals surface area contributed by atoms with Crippen molar-refractivity contribution in [2.75, 3.05) is 12.4 Å². The van der Waals surface area contributed by atoms with E-state index < -0.39 is 0 Å². The Labute approximate surface area is 93.2 Å². The molecule has 1 aromatic heterocycles. The molecule has 3 rings (SSSR count). The molecular formula is C11H13N3O2. The first-order valence-electron chi connectivity index (χ1n) is 5.52. The average molecular weight is 219 g/mol. The fourth-order valence-corrected chi connectivity index (χ4v) is 1.93. The number of nitrogens with one attached hydrogen (secondary N) is 1. The van der Waals surface area contributed by atoms with Crippen LogP contribution < -0.4 is 10.1 Å². The van der Waals surface area contributed by atoms with E-state index in [0.29, 0.717) is 30.5 Å². The van der Waals surface area contributed by atoms with E-state index in [0.717, 1.165) is 24.2 Å². The maximum atomic E-state index is 11.3. The summed E-state index contributed by atoms with van der Waals surface area (Å²) >= 11 is 0. The maximum absolute atomic E-state index is 11.3. The molecule has 1 saturated carbocycles. The maximum Gasteiger partial charge on any atom is 0.225 e.